The zero-order valence-electron chi connectivity index (χ0n) is 25.2. The first-order valence-electron chi connectivity index (χ1n) is 14.7. The fraction of sp³-hybridized carbons (Fsp3) is 0.424. The van der Waals surface area contributed by atoms with Crippen LogP contribution in [0.4, 0.5) is 0 Å². The molecule has 230 valence electrons. The lowest BCUT2D eigenvalue weighted by Gasteiger charge is -2.26. The fourth-order valence-corrected chi connectivity index (χ4v) is 4.88. The van der Waals surface area contributed by atoms with Gasteiger partial charge in [0.1, 0.15) is 12.6 Å². The minimum atomic E-state index is -1.16. The minimum absolute atomic E-state index is 0.0605. The van der Waals surface area contributed by atoms with Crippen LogP contribution in [0, 0.1) is 17.8 Å². The number of ether oxygens (including phenoxy) is 1. The highest BCUT2D eigenvalue weighted by Gasteiger charge is 2.35. The molecule has 5 N–H and O–H groups in total. The maximum atomic E-state index is 13.4. The largest absolute Gasteiger partial charge is 0.461 e. The number of nitrogens with two attached hydrogens (primary N) is 1. The van der Waals surface area contributed by atoms with Crippen molar-refractivity contribution in [1.29, 1.82) is 0 Å². The number of ketones is 1. The quantitative estimate of drug-likeness (QED) is 0.147. The van der Waals surface area contributed by atoms with Crippen LogP contribution in [-0.4, -0.2) is 46.5 Å². The van der Waals surface area contributed by atoms with Gasteiger partial charge in [0.05, 0.1) is 12.5 Å². The van der Waals surface area contributed by atoms with Crippen molar-refractivity contribution < 1.29 is 28.7 Å². The zero-order chi connectivity index (χ0) is 31.5. The monoisotopic (exact) mass is 590 g/mol. The summed E-state index contributed by atoms with van der Waals surface area (Å²) in [5, 5.41) is 6.12. The molecule has 0 aliphatic carbocycles. The lowest BCUT2D eigenvalue weighted by Crippen LogP contribution is -2.55. The number of nitrogens with one attached hydrogen (secondary N) is 3. The van der Waals surface area contributed by atoms with Gasteiger partial charge in [-0.1, -0.05) is 82.6 Å². The molecular weight excluding hydrogens is 548 g/mol. The van der Waals surface area contributed by atoms with Gasteiger partial charge >= 0.3 is 5.97 Å². The molecule has 1 heterocycles. The van der Waals surface area contributed by atoms with Crippen LogP contribution in [0.25, 0.3) is 10.9 Å². The number of benzene rings is 2. The van der Waals surface area contributed by atoms with E-state index in [1.807, 2.05) is 81.4 Å². The molecular formula is C33H42N4O6. The number of hydrogen-bond donors (Lipinski definition) is 4. The topological polar surface area (TPSA) is 160 Å². The van der Waals surface area contributed by atoms with Crippen molar-refractivity contribution in [2.45, 2.75) is 72.1 Å². The van der Waals surface area contributed by atoms with E-state index in [4.69, 9.17) is 10.5 Å². The fourth-order valence-electron chi connectivity index (χ4n) is 4.88. The SMILES string of the molecule is CC[C@H](C)C(NC(=O)[C@@H](CC(=O)OCc1ccccc1)CC(C)C)C(=O)C(=O)N[C@@H](Cc1cc2ccccc2[nH]1)C(N)=O. The summed E-state index contributed by atoms with van der Waals surface area (Å²) < 4.78 is 5.39. The third kappa shape index (κ3) is 9.80. The number of carbonyl (C=O) groups excluding carboxylic acids is 5. The van der Waals surface area contributed by atoms with Crippen molar-refractivity contribution in [2.75, 3.05) is 0 Å². The highest BCUT2D eigenvalue weighted by molar-refractivity contribution is 6.38. The molecule has 0 aliphatic heterocycles. The first-order chi connectivity index (χ1) is 20.5. The highest BCUT2D eigenvalue weighted by Crippen LogP contribution is 2.20. The summed E-state index contributed by atoms with van der Waals surface area (Å²) in [5.41, 5.74) is 7.93. The number of para-hydroxylation sites is 1. The van der Waals surface area contributed by atoms with Crippen molar-refractivity contribution in [2.24, 2.45) is 23.5 Å². The number of carbonyl (C=O) groups is 5. The summed E-state index contributed by atoms with van der Waals surface area (Å²) >= 11 is 0. The predicted octanol–water partition coefficient (Wildman–Crippen LogP) is 3.58. The number of aromatic amines is 1. The number of hydrogen-bond acceptors (Lipinski definition) is 6. The Morgan fingerprint density at radius 1 is 0.930 bits per heavy atom. The van der Waals surface area contributed by atoms with E-state index in [0.717, 1.165) is 16.5 Å². The molecule has 0 aliphatic rings. The molecule has 3 aromatic rings. The number of fused-ring (bicyclic) bond motifs is 1. The van der Waals surface area contributed by atoms with Crippen LogP contribution in [0.2, 0.25) is 0 Å². The van der Waals surface area contributed by atoms with Gasteiger partial charge in [-0.3, -0.25) is 24.0 Å². The Hall–Kier alpha value is -4.47. The van der Waals surface area contributed by atoms with Gasteiger partial charge in [0.2, 0.25) is 17.6 Å². The third-order valence-corrected chi connectivity index (χ3v) is 7.46. The maximum absolute atomic E-state index is 13.4. The van der Waals surface area contributed by atoms with Gasteiger partial charge in [-0.2, -0.15) is 0 Å². The smallest absolute Gasteiger partial charge is 0.306 e. The van der Waals surface area contributed by atoms with E-state index in [9.17, 15) is 24.0 Å². The van der Waals surface area contributed by atoms with E-state index in [0.29, 0.717) is 18.5 Å². The molecule has 0 spiro atoms. The second-order valence-electron chi connectivity index (χ2n) is 11.4. The summed E-state index contributed by atoms with van der Waals surface area (Å²) in [6.07, 6.45) is 0.768. The normalized spacial score (nSPS) is 14.0. The van der Waals surface area contributed by atoms with E-state index in [1.54, 1.807) is 6.92 Å². The van der Waals surface area contributed by atoms with E-state index < -0.39 is 53.4 Å². The zero-order valence-corrected chi connectivity index (χ0v) is 25.2. The Kier molecular flexibility index (Phi) is 12.0. The number of amides is 3. The van der Waals surface area contributed by atoms with Crippen molar-refractivity contribution in [3.8, 4) is 0 Å². The average molecular weight is 591 g/mol. The molecule has 0 fully saturated rings. The van der Waals surface area contributed by atoms with Gasteiger partial charge in [0.25, 0.3) is 5.91 Å². The molecule has 0 saturated carbocycles. The van der Waals surface area contributed by atoms with Gasteiger partial charge in [-0.25, -0.2) is 0 Å². The third-order valence-electron chi connectivity index (χ3n) is 7.46. The Labute approximate surface area is 252 Å². The Morgan fingerprint density at radius 3 is 2.23 bits per heavy atom. The van der Waals surface area contributed by atoms with Gasteiger partial charge in [0.15, 0.2) is 0 Å². The van der Waals surface area contributed by atoms with Crippen LogP contribution in [0.15, 0.2) is 60.7 Å². The van der Waals surface area contributed by atoms with E-state index in [2.05, 4.69) is 15.6 Å². The molecule has 1 aromatic heterocycles. The summed E-state index contributed by atoms with van der Waals surface area (Å²) in [5.74, 6) is -4.82. The Balaban J connectivity index is 1.68. The molecule has 3 rings (SSSR count). The van der Waals surface area contributed by atoms with Crippen molar-refractivity contribution in [3.05, 3.63) is 71.9 Å². The summed E-state index contributed by atoms with van der Waals surface area (Å²) in [7, 11) is 0. The Morgan fingerprint density at radius 2 is 1.60 bits per heavy atom. The standard InChI is InChI=1S/C33H42N4O6/c1-5-21(4)29(37-32(41)24(15-20(2)3)17-28(38)43-19-22-11-7-6-8-12-22)30(39)33(42)36-27(31(34)40)18-25-16-23-13-9-10-14-26(23)35-25/h6-14,16,20-21,24,27,29,35H,5,15,17-19H2,1-4H3,(H2,34,40)(H,36,42)(H,37,41)/t21-,24+,27-,29?/m0/s1. The molecule has 10 nitrogen and oxygen atoms in total. The average Bonchev–Trinajstić information content (AvgIpc) is 3.40. The van der Waals surface area contributed by atoms with Gasteiger partial charge < -0.3 is 26.1 Å². The van der Waals surface area contributed by atoms with Gasteiger partial charge in [-0.05, 0) is 41.3 Å². The molecule has 4 atom stereocenters. The second-order valence-corrected chi connectivity index (χ2v) is 11.4. The van der Waals surface area contributed by atoms with Crippen LogP contribution in [0.5, 0.6) is 0 Å². The van der Waals surface area contributed by atoms with Crippen molar-refractivity contribution >= 4 is 40.4 Å². The number of aromatic nitrogens is 1. The molecule has 0 saturated heterocycles. The first-order valence-corrected chi connectivity index (χ1v) is 14.7. The molecule has 0 radical (unpaired) electrons. The molecule has 3 amide bonds. The number of rotatable bonds is 16. The molecule has 10 heteroatoms. The highest BCUT2D eigenvalue weighted by atomic mass is 16.5. The number of Topliss-reactive ketones (excluding diaryl/α,β-unsaturated/α-hetero) is 1. The van der Waals surface area contributed by atoms with Gasteiger partial charge in [-0.15, -0.1) is 0 Å². The molecule has 0 bridgehead atoms. The lowest BCUT2D eigenvalue weighted by molar-refractivity contribution is -0.149. The summed E-state index contributed by atoms with van der Waals surface area (Å²) in [4.78, 5) is 68.0. The van der Waals surface area contributed by atoms with Crippen molar-refractivity contribution in [1.82, 2.24) is 15.6 Å². The van der Waals surface area contributed by atoms with Crippen LogP contribution in [-0.2, 0) is 41.7 Å². The van der Waals surface area contributed by atoms with Gasteiger partial charge in [0, 0.05) is 23.5 Å². The number of esters is 1. The number of H-pyrrole nitrogens is 1. The van der Waals surface area contributed by atoms with Crippen LogP contribution in [0.3, 0.4) is 0 Å². The lowest BCUT2D eigenvalue weighted by atomic mass is 9.90. The second kappa shape index (κ2) is 15.7. The van der Waals surface area contributed by atoms with E-state index >= 15 is 0 Å². The molecule has 2 aromatic carbocycles. The Bertz CT molecular complexity index is 1380. The minimum Gasteiger partial charge on any atom is -0.461 e. The number of primary amides is 1. The maximum Gasteiger partial charge on any atom is 0.306 e. The molecule has 43 heavy (non-hydrogen) atoms. The van der Waals surface area contributed by atoms with Crippen LogP contribution < -0.4 is 16.4 Å². The van der Waals surface area contributed by atoms with E-state index in [1.165, 1.54) is 0 Å². The van der Waals surface area contributed by atoms with Crippen LogP contribution >= 0.6 is 0 Å². The van der Waals surface area contributed by atoms with Crippen LogP contribution in [0.1, 0.15) is 58.2 Å². The first kappa shape index (κ1) is 33.0. The molecule has 1 unspecified atom stereocenters. The van der Waals surface area contributed by atoms with Crippen molar-refractivity contribution in [3.63, 3.8) is 0 Å². The predicted molar refractivity (Wildman–Crippen MR) is 163 cm³/mol. The summed E-state index contributed by atoms with van der Waals surface area (Å²) in [6.45, 7) is 7.53. The van der Waals surface area contributed by atoms with E-state index in [-0.39, 0.29) is 25.4 Å². The summed E-state index contributed by atoms with van der Waals surface area (Å²) in [6, 6.07) is 16.3.